The van der Waals surface area contributed by atoms with E-state index in [1.165, 1.54) is 24.4 Å². The van der Waals surface area contributed by atoms with Gasteiger partial charge in [0.15, 0.2) is 6.04 Å². The first-order valence-corrected chi connectivity index (χ1v) is 12.0. The minimum atomic E-state index is -1.94. The van der Waals surface area contributed by atoms with Crippen molar-refractivity contribution in [2.24, 2.45) is 0 Å². The number of nitrogens with zero attached hydrogens (tertiary/aromatic N) is 3. The van der Waals surface area contributed by atoms with Crippen LogP contribution in [0.1, 0.15) is 53.1 Å². The fraction of sp³-hybridized carbons (Fsp3) is 0.333. The van der Waals surface area contributed by atoms with Crippen molar-refractivity contribution in [2.45, 2.75) is 58.8 Å². The minimum Gasteiger partial charge on any atom is -0.479 e. The van der Waals surface area contributed by atoms with Gasteiger partial charge in [-0.05, 0) is 83.3 Å². The van der Waals surface area contributed by atoms with E-state index in [2.05, 4.69) is 4.98 Å². The molecule has 38 heavy (non-hydrogen) atoms. The molecule has 3 rings (SSSR count). The summed E-state index contributed by atoms with van der Waals surface area (Å²) in [6.07, 6.45) is 0.667. The number of pyridine rings is 1. The number of aliphatic carboxylic acids is 1. The maximum Gasteiger partial charge on any atom is 0.439 e. The summed E-state index contributed by atoms with van der Waals surface area (Å²) in [7, 11) is 0. The Labute approximate surface area is 224 Å². The number of anilines is 1. The number of amides is 2. The van der Waals surface area contributed by atoms with Crippen LogP contribution in [0.15, 0.2) is 54.9 Å². The lowest BCUT2D eigenvalue weighted by Crippen LogP contribution is -2.56. The number of carbonyl (C=O) groups excluding carboxylic acids is 2. The first kappa shape index (κ1) is 28.6. The van der Waals surface area contributed by atoms with Crippen LogP contribution in [0.3, 0.4) is 0 Å². The van der Waals surface area contributed by atoms with Crippen LogP contribution in [0.4, 0.5) is 19.7 Å². The second kappa shape index (κ2) is 10.8. The van der Waals surface area contributed by atoms with Crippen molar-refractivity contribution in [1.29, 1.82) is 0 Å². The summed E-state index contributed by atoms with van der Waals surface area (Å²) in [6.45, 7) is 9.48. The number of hydrazine groups is 1. The number of imide groups is 1. The molecule has 202 valence electrons. The fourth-order valence-electron chi connectivity index (χ4n) is 3.55. The average Bonchev–Trinajstić information content (AvgIpc) is 2.78. The molecule has 11 heteroatoms. The highest BCUT2D eigenvalue weighted by molar-refractivity contribution is 6.30. The van der Waals surface area contributed by atoms with Gasteiger partial charge in [-0.3, -0.25) is 9.99 Å². The first-order chi connectivity index (χ1) is 17.6. The third-order valence-corrected chi connectivity index (χ3v) is 5.20. The fourth-order valence-corrected chi connectivity index (χ4v) is 3.73. The quantitative estimate of drug-likeness (QED) is 0.351. The minimum absolute atomic E-state index is 0.0540. The molecule has 0 fully saturated rings. The highest BCUT2D eigenvalue weighted by Crippen LogP contribution is 2.35. The van der Waals surface area contributed by atoms with Gasteiger partial charge < -0.3 is 14.6 Å². The molecular formula is C27H29ClFN3O6. The van der Waals surface area contributed by atoms with Crippen molar-refractivity contribution in [3.05, 3.63) is 71.3 Å². The molecule has 1 aromatic heterocycles. The molecule has 2 amide bonds. The van der Waals surface area contributed by atoms with Crippen LogP contribution in [-0.2, 0) is 14.3 Å². The number of carboxylic acid groups (broad SMARTS) is 1. The number of rotatable bonds is 5. The predicted octanol–water partition coefficient (Wildman–Crippen LogP) is 6.75. The topological polar surface area (TPSA) is 109 Å². The third kappa shape index (κ3) is 6.89. The van der Waals surface area contributed by atoms with E-state index in [9.17, 15) is 19.5 Å². The Balaban J connectivity index is 2.35. The molecule has 0 aliphatic carbocycles. The maximum absolute atomic E-state index is 15.1. The molecule has 1 unspecified atom stereocenters. The van der Waals surface area contributed by atoms with Crippen molar-refractivity contribution in [3.8, 4) is 0 Å². The number of carboxylic acids is 1. The SMILES string of the molecule is CC(C)(C)OC(=O)N(C(=O)OC(C)(C)C)N(c1ccc2cnccc2c1)C(C(=O)O)c1cc(Cl)ccc1F. The Morgan fingerprint density at radius 3 is 2.08 bits per heavy atom. The number of halogens is 2. The normalized spacial score (nSPS) is 12.5. The Morgan fingerprint density at radius 2 is 1.53 bits per heavy atom. The summed E-state index contributed by atoms with van der Waals surface area (Å²) >= 11 is 6.09. The lowest BCUT2D eigenvalue weighted by molar-refractivity contribution is -0.139. The Morgan fingerprint density at radius 1 is 0.921 bits per heavy atom. The van der Waals surface area contributed by atoms with Gasteiger partial charge in [-0.1, -0.05) is 17.7 Å². The second-order valence-electron chi connectivity index (χ2n) is 10.4. The molecule has 0 aliphatic rings. The van der Waals surface area contributed by atoms with Crippen LogP contribution < -0.4 is 5.01 Å². The van der Waals surface area contributed by atoms with Crippen LogP contribution in [0.25, 0.3) is 10.8 Å². The summed E-state index contributed by atoms with van der Waals surface area (Å²) in [5.74, 6) is -2.48. The van der Waals surface area contributed by atoms with Gasteiger partial charge in [-0.15, -0.1) is 5.01 Å². The van der Waals surface area contributed by atoms with Gasteiger partial charge >= 0.3 is 18.2 Å². The van der Waals surface area contributed by atoms with E-state index >= 15 is 4.39 Å². The number of aromatic nitrogens is 1. The van der Waals surface area contributed by atoms with Crippen molar-refractivity contribution >= 4 is 46.2 Å². The molecular weight excluding hydrogens is 517 g/mol. The zero-order valence-electron chi connectivity index (χ0n) is 21.9. The van der Waals surface area contributed by atoms with Crippen LogP contribution in [-0.4, -0.2) is 44.5 Å². The number of benzene rings is 2. The van der Waals surface area contributed by atoms with E-state index < -0.39 is 46.8 Å². The average molecular weight is 546 g/mol. The molecule has 1 N–H and O–H groups in total. The van der Waals surface area contributed by atoms with Crippen molar-refractivity contribution in [2.75, 3.05) is 5.01 Å². The molecule has 0 spiro atoms. The smallest absolute Gasteiger partial charge is 0.439 e. The van der Waals surface area contributed by atoms with E-state index in [4.69, 9.17) is 21.1 Å². The summed E-state index contributed by atoms with van der Waals surface area (Å²) < 4.78 is 26.0. The molecule has 0 saturated heterocycles. The van der Waals surface area contributed by atoms with Gasteiger partial charge in [0.2, 0.25) is 0 Å². The van der Waals surface area contributed by atoms with E-state index in [0.29, 0.717) is 15.8 Å². The number of hydrogen-bond donors (Lipinski definition) is 1. The summed E-state index contributed by atoms with van der Waals surface area (Å²) in [6, 6.07) is 7.75. The number of fused-ring (bicyclic) bond motifs is 1. The molecule has 0 bridgehead atoms. The van der Waals surface area contributed by atoms with E-state index in [1.807, 2.05) is 0 Å². The van der Waals surface area contributed by atoms with E-state index in [-0.39, 0.29) is 10.7 Å². The van der Waals surface area contributed by atoms with Crippen LogP contribution in [0.5, 0.6) is 0 Å². The number of carbonyl (C=O) groups is 3. The van der Waals surface area contributed by atoms with Gasteiger partial charge in [0.1, 0.15) is 17.0 Å². The standard InChI is InChI=1S/C27H29ClFN3O6/c1-26(2,3)37-24(35)32(25(36)38-27(4,5)6)31(19-9-7-17-15-30-12-11-16(17)13-19)22(23(33)34)20-14-18(28)8-10-21(20)29/h7-15,22H,1-6H3,(H,33,34). The van der Waals surface area contributed by atoms with Crippen molar-refractivity contribution in [1.82, 2.24) is 9.99 Å². The van der Waals surface area contributed by atoms with Crippen molar-refractivity contribution < 1.29 is 33.4 Å². The van der Waals surface area contributed by atoms with Crippen LogP contribution >= 0.6 is 11.6 Å². The predicted molar refractivity (Wildman–Crippen MR) is 140 cm³/mol. The second-order valence-corrected chi connectivity index (χ2v) is 10.9. The lowest BCUT2D eigenvalue weighted by Gasteiger charge is -2.39. The zero-order chi connectivity index (χ0) is 28.4. The van der Waals surface area contributed by atoms with Gasteiger partial charge in [0.05, 0.1) is 5.69 Å². The molecule has 1 heterocycles. The van der Waals surface area contributed by atoms with E-state index in [1.54, 1.807) is 59.9 Å². The Bertz CT molecular complexity index is 1340. The van der Waals surface area contributed by atoms with Gasteiger partial charge in [-0.2, -0.15) is 0 Å². The largest absolute Gasteiger partial charge is 0.479 e. The molecule has 0 aliphatic heterocycles. The Hall–Kier alpha value is -3.92. The molecule has 0 radical (unpaired) electrons. The summed E-state index contributed by atoms with van der Waals surface area (Å²) in [5.41, 5.74) is -2.47. The molecule has 2 aromatic carbocycles. The monoisotopic (exact) mass is 545 g/mol. The number of ether oxygens (including phenoxy) is 2. The Kier molecular flexibility index (Phi) is 8.16. The third-order valence-electron chi connectivity index (χ3n) is 4.97. The van der Waals surface area contributed by atoms with Crippen LogP contribution in [0.2, 0.25) is 5.02 Å². The molecule has 1 atom stereocenters. The zero-order valence-corrected chi connectivity index (χ0v) is 22.6. The first-order valence-electron chi connectivity index (χ1n) is 11.6. The molecule has 9 nitrogen and oxygen atoms in total. The van der Waals surface area contributed by atoms with Crippen LogP contribution in [0, 0.1) is 5.82 Å². The highest BCUT2D eigenvalue weighted by Gasteiger charge is 2.43. The summed E-state index contributed by atoms with van der Waals surface area (Å²) in [4.78, 5) is 43.9. The van der Waals surface area contributed by atoms with E-state index in [0.717, 1.165) is 17.1 Å². The van der Waals surface area contributed by atoms with Gasteiger partial charge in [0, 0.05) is 28.4 Å². The van der Waals surface area contributed by atoms with Gasteiger partial charge in [-0.25, -0.2) is 18.8 Å². The van der Waals surface area contributed by atoms with Crippen molar-refractivity contribution in [3.63, 3.8) is 0 Å². The number of hydrogen-bond acceptors (Lipinski definition) is 7. The van der Waals surface area contributed by atoms with Gasteiger partial charge in [0.25, 0.3) is 0 Å². The highest BCUT2D eigenvalue weighted by atomic mass is 35.5. The lowest BCUT2D eigenvalue weighted by atomic mass is 10.0. The summed E-state index contributed by atoms with van der Waals surface area (Å²) in [5, 5.41) is 13.0. The molecule has 0 saturated carbocycles. The molecule has 3 aromatic rings. The maximum atomic E-state index is 15.1.